The van der Waals surface area contributed by atoms with Gasteiger partial charge < -0.3 is 24.8 Å². The first-order valence-corrected chi connectivity index (χ1v) is 26.8. The molecule has 0 saturated carbocycles. The normalized spacial score (nSPS) is 15.9. The molecule has 6 aromatic carbocycles. The molecule has 0 aliphatic heterocycles. The molecule has 0 bridgehead atoms. The summed E-state index contributed by atoms with van der Waals surface area (Å²) in [4.78, 5) is 0. The Balaban J connectivity index is 0.00000111. The van der Waals surface area contributed by atoms with Gasteiger partial charge in [-0.15, -0.1) is 0 Å². The molecule has 8 rings (SSSR count). The van der Waals surface area contributed by atoms with E-state index in [1.54, 1.807) is 22.3 Å². The monoisotopic (exact) mass is 759 g/mol. The van der Waals surface area contributed by atoms with Gasteiger partial charge in [0.15, 0.2) is 0 Å². The van der Waals surface area contributed by atoms with Crippen LogP contribution in [-0.4, -0.2) is 6.65 Å². The Bertz CT molecular complexity index is 1990. The number of benzene rings is 6. The van der Waals surface area contributed by atoms with Crippen LogP contribution in [0, 0.1) is 0 Å². The first-order valence-electron chi connectivity index (χ1n) is 17.1. The molecule has 6 aromatic rings. The Labute approximate surface area is 308 Å². The van der Waals surface area contributed by atoms with Crippen molar-refractivity contribution < 1.29 is 45.7 Å². The maximum atomic E-state index is 2.57. The largest absolute Gasteiger partial charge is 1.00 e. The summed E-state index contributed by atoms with van der Waals surface area (Å²) in [5, 5.41) is 5.34. The van der Waals surface area contributed by atoms with E-state index >= 15 is 0 Å². The Morgan fingerprint density at radius 3 is 1.31 bits per heavy atom. The van der Waals surface area contributed by atoms with Crippen LogP contribution >= 0.6 is 0 Å². The second-order valence-electron chi connectivity index (χ2n) is 12.6. The van der Waals surface area contributed by atoms with Crippen LogP contribution in [0.2, 0.25) is 6.04 Å². The molecule has 48 heavy (non-hydrogen) atoms. The third kappa shape index (κ3) is 6.27. The first-order chi connectivity index (χ1) is 22.6. The summed E-state index contributed by atoms with van der Waals surface area (Å²) in [7, 11) is 0. The fraction of sp³-hybridized carbons (Fsp3) is 0.182. The van der Waals surface area contributed by atoms with Crippen LogP contribution in [0.5, 0.6) is 0 Å². The molecule has 0 amide bonds. The molecule has 2 aliphatic carbocycles. The fourth-order valence-corrected chi connectivity index (χ4v) is 31.6. The quantitative estimate of drug-likeness (QED) is 0.180. The van der Waals surface area contributed by atoms with Gasteiger partial charge >= 0.3 is 272 Å². The van der Waals surface area contributed by atoms with Crippen molar-refractivity contribution in [1.29, 1.82) is 0 Å². The van der Waals surface area contributed by atoms with Gasteiger partial charge in [-0.25, -0.2) is 0 Å². The molecule has 2 unspecified atom stereocenters. The second-order valence-corrected chi connectivity index (χ2v) is 28.3. The van der Waals surface area contributed by atoms with E-state index in [1.165, 1.54) is 61.0 Å². The summed E-state index contributed by atoms with van der Waals surface area (Å²) < 4.78 is 1.32. The number of hydrogen-bond donors (Lipinski definition) is 0. The predicted octanol–water partition coefficient (Wildman–Crippen LogP) is 6.12. The maximum Gasteiger partial charge on any atom is -1.00 e. The summed E-state index contributed by atoms with van der Waals surface area (Å²) >= 11 is -2.04. The zero-order valence-corrected chi connectivity index (χ0v) is 33.9. The number of rotatable bonds is 6. The van der Waals surface area contributed by atoms with Crippen molar-refractivity contribution in [3.05, 3.63) is 155 Å². The third-order valence-electron chi connectivity index (χ3n) is 10.00. The summed E-state index contributed by atoms with van der Waals surface area (Å²) in [5.41, 5.74) is 15.0. The molecule has 0 spiro atoms. The van der Waals surface area contributed by atoms with Crippen molar-refractivity contribution >= 4 is 40.3 Å². The Hall–Kier alpha value is -3.00. The molecule has 241 valence electrons. The van der Waals surface area contributed by atoms with Crippen molar-refractivity contribution in [2.75, 3.05) is 0 Å². The molecule has 0 radical (unpaired) electrons. The van der Waals surface area contributed by atoms with Gasteiger partial charge in [0.2, 0.25) is 0 Å². The molecule has 4 heteroatoms. The van der Waals surface area contributed by atoms with E-state index in [0.717, 1.165) is 0 Å². The summed E-state index contributed by atoms with van der Waals surface area (Å²) in [6.45, 7) is 11.2. The minimum absolute atomic E-state index is 0. The van der Waals surface area contributed by atoms with E-state index in [9.17, 15) is 0 Å². The molecular formula is C44H43Cl2SiZr. The summed E-state index contributed by atoms with van der Waals surface area (Å²) in [5.74, 6) is 0. The maximum absolute atomic E-state index is 2.57. The zero-order valence-electron chi connectivity index (χ0n) is 28.5. The molecule has 0 saturated heterocycles. The third-order valence-corrected chi connectivity index (χ3v) is 31.3. The number of allylic oxidation sites excluding steroid dienone is 2. The van der Waals surface area contributed by atoms with E-state index in [0.29, 0.717) is 7.25 Å². The topological polar surface area (TPSA) is 0 Å². The molecule has 0 aromatic heterocycles. The fourth-order valence-electron chi connectivity index (χ4n) is 8.22. The molecule has 2 aliphatic rings. The van der Waals surface area contributed by atoms with Crippen LogP contribution in [0.25, 0.3) is 56.0 Å². The number of hydrogen-bond acceptors (Lipinski definition) is 0. The van der Waals surface area contributed by atoms with Crippen LogP contribution in [0.4, 0.5) is 0 Å². The van der Waals surface area contributed by atoms with E-state index < -0.39 is 20.9 Å². The van der Waals surface area contributed by atoms with Crippen LogP contribution in [0.3, 0.4) is 0 Å². The van der Waals surface area contributed by atoms with Crippen LogP contribution in [-0.2, 0) is 20.9 Å². The van der Waals surface area contributed by atoms with Crippen LogP contribution in [0.15, 0.2) is 132 Å². The second kappa shape index (κ2) is 15.7. The van der Waals surface area contributed by atoms with Gasteiger partial charge in [0, 0.05) is 0 Å². The Morgan fingerprint density at radius 1 is 0.500 bits per heavy atom. The van der Waals surface area contributed by atoms with Gasteiger partial charge in [0.25, 0.3) is 0 Å². The Kier molecular flexibility index (Phi) is 11.9. The average molecular weight is 762 g/mol. The van der Waals surface area contributed by atoms with E-state index in [1.807, 2.05) is 13.8 Å². The molecule has 0 fully saturated rings. The first kappa shape index (κ1) is 36.3. The van der Waals surface area contributed by atoms with Crippen molar-refractivity contribution in [3.8, 4) is 22.3 Å². The van der Waals surface area contributed by atoms with E-state index in [4.69, 9.17) is 0 Å². The van der Waals surface area contributed by atoms with Crippen LogP contribution < -0.4 is 24.8 Å². The van der Waals surface area contributed by atoms with Gasteiger partial charge in [-0.3, -0.25) is 0 Å². The minimum Gasteiger partial charge on any atom is -1.00 e. The van der Waals surface area contributed by atoms with Gasteiger partial charge in [-0.05, 0) is 0 Å². The molecule has 2 atom stereocenters. The van der Waals surface area contributed by atoms with Gasteiger partial charge in [0.1, 0.15) is 0 Å². The van der Waals surface area contributed by atoms with Crippen molar-refractivity contribution in [2.45, 2.75) is 47.9 Å². The smallest absolute Gasteiger partial charge is 1.00 e. The SMILES string of the molecule is CC.CC[SiH2][Zr+2]([CH]1C(C)=Cc2c(-c3cccc4ccccc34)cccc21)[CH]1C(C)=Cc2c(-c3cccc4ccccc34)cccc21.[Cl-].[Cl-]. The van der Waals surface area contributed by atoms with Gasteiger partial charge in [0.05, 0.1) is 0 Å². The number of fused-ring (bicyclic) bond motifs is 4. The van der Waals surface area contributed by atoms with Gasteiger partial charge in [-0.2, -0.15) is 0 Å². The Morgan fingerprint density at radius 2 is 0.875 bits per heavy atom. The van der Waals surface area contributed by atoms with Crippen molar-refractivity contribution in [2.24, 2.45) is 0 Å². The molecule has 0 N–H and O–H groups in total. The van der Waals surface area contributed by atoms with Crippen molar-refractivity contribution in [3.63, 3.8) is 0 Å². The van der Waals surface area contributed by atoms with Crippen LogP contribution in [0.1, 0.15) is 64.1 Å². The summed E-state index contributed by atoms with van der Waals surface area (Å²) in [6, 6.07) is 47.0. The summed E-state index contributed by atoms with van der Waals surface area (Å²) in [6.07, 6.45) is 5.15. The molecule has 0 nitrogen and oxygen atoms in total. The standard InChI is InChI=1S/2C20H15.C2H7Si.C2H6.2ClH.Zr/c2*1-14-12-16-8-5-11-19(20(16)13-14)18-10-4-7-15-6-2-3-9-17(15)18;1-2-3;1-2;;;/h2*2-13H,1H3;2-3H2,1H3;1-2H3;2*1H;/q;;;;;;+2/p-2. The zero-order chi connectivity index (χ0) is 31.8. The van der Waals surface area contributed by atoms with E-state index in [2.05, 4.69) is 154 Å². The van der Waals surface area contributed by atoms with Crippen molar-refractivity contribution in [1.82, 2.24) is 0 Å². The molecule has 0 heterocycles. The average Bonchev–Trinajstić information content (AvgIpc) is 3.62. The molecular weight excluding hydrogens is 719 g/mol. The van der Waals surface area contributed by atoms with Gasteiger partial charge in [-0.1, -0.05) is 13.8 Å². The van der Waals surface area contributed by atoms with E-state index in [-0.39, 0.29) is 31.5 Å². The number of halogens is 2. The minimum atomic E-state index is -2.04. The predicted molar refractivity (Wildman–Crippen MR) is 202 cm³/mol.